The first-order valence-electron chi connectivity index (χ1n) is 6.02. The molecule has 2 N–H and O–H groups in total. The van der Waals surface area contributed by atoms with Gasteiger partial charge in [0, 0.05) is 12.6 Å². The van der Waals surface area contributed by atoms with Crippen LogP contribution < -0.4 is 5.73 Å². The van der Waals surface area contributed by atoms with E-state index in [0.717, 1.165) is 0 Å². The number of anilines is 1. The third-order valence-corrected chi connectivity index (χ3v) is 3.04. The summed E-state index contributed by atoms with van der Waals surface area (Å²) in [5, 5.41) is 4.25. The zero-order chi connectivity index (χ0) is 14.4. The second kappa shape index (κ2) is 4.43. The number of fused-ring (bicyclic) bond motifs is 1. The van der Waals surface area contributed by atoms with Crippen LogP contribution in [0.15, 0.2) is 0 Å². The summed E-state index contributed by atoms with van der Waals surface area (Å²) >= 11 is 0. The lowest BCUT2D eigenvalue weighted by Gasteiger charge is -2.18. The molecule has 0 radical (unpaired) electrons. The molecular formula is C11H16F3N5. The molecule has 0 aliphatic carbocycles. The Morgan fingerprint density at radius 3 is 2.53 bits per heavy atom. The Morgan fingerprint density at radius 2 is 2.00 bits per heavy atom. The number of halogens is 3. The van der Waals surface area contributed by atoms with Crippen LogP contribution in [0.5, 0.6) is 0 Å². The van der Waals surface area contributed by atoms with E-state index >= 15 is 0 Å². The maximum Gasteiger partial charge on any atom is 0.391 e. The first-order chi connectivity index (χ1) is 8.74. The molecule has 2 aromatic heterocycles. The monoisotopic (exact) mass is 275 g/mol. The Hall–Kier alpha value is -1.73. The fourth-order valence-corrected chi connectivity index (χ4v) is 2.29. The van der Waals surface area contributed by atoms with E-state index in [9.17, 15) is 13.2 Å². The maximum atomic E-state index is 12.5. The molecule has 0 bridgehead atoms. The first-order valence-corrected chi connectivity index (χ1v) is 6.02. The minimum absolute atomic E-state index is 0.0921. The smallest absolute Gasteiger partial charge is 0.369 e. The Bertz CT molecular complexity index is 595. The van der Waals surface area contributed by atoms with Gasteiger partial charge in [-0.2, -0.15) is 18.3 Å². The van der Waals surface area contributed by atoms with Crippen molar-refractivity contribution in [3.05, 3.63) is 5.69 Å². The van der Waals surface area contributed by atoms with E-state index in [4.69, 9.17) is 5.73 Å². The minimum atomic E-state index is -4.24. The summed E-state index contributed by atoms with van der Waals surface area (Å²) < 4.78 is 40.6. The van der Waals surface area contributed by atoms with Crippen molar-refractivity contribution >= 4 is 17.1 Å². The number of imidazole rings is 1. The van der Waals surface area contributed by atoms with E-state index in [1.165, 1.54) is 11.5 Å². The Morgan fingerprint density at radius 1 is 1.37 bits per heavy atom. The van der Waals surface area contributed by atoms with Crippen LogP contribution >= 0.6 is 0 Å². The summed E-state index contributed by atoms with van der Waals surface area (Å²) in [5.41, 5.74) is 7.54. The van der Waals surface area contributed by atoms with E-state index in [1.807, 2.05) is 6.92 Å². The molecule has 2 heterocycles. The lowest BCUT2D eigenvalue weighted by atomic mass is 10.2. The summed E-state index contributed by atoms with van der Waals surface area (Å²) in [7, 11) is 0. The average Bonchev–Trinajstić information content (AvgIpc) is 2.73. The van der Waals surface area contributed by atoms with Gasteiger partial charge in [-0.15, -0.1) is 0 Å². The number of rotatable bonds is 3. The van der Waals surface area contributed by atoms with Crippen molar-refractivity contribution in [1.29, 1.82) is 0 Å². The van der Waals surface area contributed by atoms with Crippen LogP contribution in [-0.4, -0.2) is 25.5 Å². The third-order valence-electron chi connectivity index (χ3n) is 3.04. The van der Waals surface area contributed by atoms with Crippen LogP contribution in [0, 0.1) is 6.92 Å². The minimum Gasteiger partial charge on any atom is -0.369 e. The fraction of sp³-hybridized carbons (Fsp3) is 0.636. The number of nitrogens with two attached hydrogens (primary N) is 1. The van der Waals surface area contributed by atoms with Gasteiger partial charge in [-0.25, -0.2) is 9.67 Å². The number of aromatic nitrogens is 4. The molecule has 8 heteroatoms. The molecule has 2 aromatic rings. The predicted octanol–water partition coefficient (Wildman–Crippen LogP) is 2.66. The Kier molecular flexibility index (Phi) is 3.19. The molecule has 0 fully saturated rings. The molecule has 19 heavy (non-hydrogen) atoms. The number of hydrogen-bond donors (Lipinski definition) is 1. The van der Waals surface area contributed by atoms with Gasteiger partial charge in [0.05, 0.1) is 12.1 Å². The molecule has 2 rings (SSSR count). The van der Waals surface area contributed by atoms with Crippen LogP contribution in [0.1, 0.15) is 32.0 Å². The van der Waals surface area contributed by atoms with Crippen molar-refractivity contribution in [1.82, 2.24) is 19.3 Å². The number of nitrogens with zero attached hydrogens (tertiary/aromatic N) is 4. The van der Waals surface area contributed by atoms with E-state index in [0.29, 0.717) is 23.4 Å². The van der Waals surface area contributed by atoms with Gasteiger partial charge in [0.15, 0.2) is 5.65 Å². The van der Waals surface area contributed by atoms with E-state index in [1.54, 1.807) is 11.6 Å². The van der Waals surface area contributed by atoms with Gasteiger partial charge >= 0.3 is 6.18 Å². The second-order valence-corrected chi connectivity index (χ2v) is 4.58. The SMILES string of the molecule is CCn1nc(C)c2nc(N)n(C(C)CC(F)(F)F)c21. The summed E-state index contributed by atoms with van der Waals surface area (Å²) in [6, 6.07) is -0.814. The molecule has 0 aliphatic rings. The molecule has 1 unspecified atom stereocenters. The van der Waals surface area contributed by atoms with Crippen LogP contribution in [0.2, 0.25) is 0 Å². The topological polar surface area (TPSA) is 61.7 Å². The number of nitrogen functional groups attached to an aromatic ring is 1. The largest absolute Gasteiger partial charge is 0.391 e. The highest BCUT2D eigenvalue weighted by molar-refractivity contribution is 5.77. The second-order valence-electron chi connectivity index (χ2n) is 4.58. The molecular weight excluding hydrogens is 259 g/mol. The molecule has 0 aliphatic heterocycles. The van der Waals surface area contributed by atoms with E-state index in [2.05, 4.69) is 10.1 Å². The zero-order valence-corrected chi connectivity index (χ0v) is 11.0. The number of hydrogen-bond acceptors (Lipinski definition) is 3. The molecule has 0 spiro atoms. The Balaban J connectivity index is 2.56. The van der Waals surface area contributed by atoms with E-state index in [-0.39, 0.29) is 5.95 Å². The van der Waals surface area contributed by atoms with Gasteiger partial charge in [-0.3, -0.25) is 4.57 Å². The van der Waals surface area contributed by atoms with Crippen LogP contribution in [0.25, 0.3) is 11.2 Å². The zero-order valence-electron chi connectivity index (χ0n) is 11.0. The highest BCUT2D eigenvalue weighted by Gasteiger charge is 2.32. The summed E-state index contributed by atoms with van der Waals surface area (Å²) in [4.78, 5) is 4.12. The van der Waals surface area contributed by atoms with Crippen molar-refractivity contribution in [2.24, 2.45) is 0 Å². The van der Waals surface area contributed by atoms with Gasteiger partial charge in [0.2, 0.25) is 5.95 Å². The van der Waals surface area contributed by atoms with Crippen LogP contribution in [-0.2, 0) is 6.54 Å². The van der Waals surface area contributed by atoms with E-state index < -0.39 is 18.6 Å². The molecule has 5 nitrogen and oxygen atoms in total. The number of alkyl halides is 3. The van der Waals surface area contributed by atoms with Gasteiger partial charge in [0.25, 0.3) is 0 Å². The Labute approximate surface area is 108 Å². The van der Waals surface area contributed by atoms with Crippen molar-refractivity contribution in [2.45, 2.75) is 46.0 Å². The highest BCUT2D eigenvalue weighted by atomic mass is 19.4. The van der Waals surface area contributed by atoms with Crippen LogP contribution in [0.4, 0.5) is 19.1 Å². The standard InChI is InChI=1S/C11H16F3N5/c1-4-18-9-8(7(3)17-18)16-10(15)19(9)6(2)5-11(12,13)14/h6H,4-5H2,1-3H3,(H2,15,16). The average molecular weight is 275 g/mol. The van der Waals surface area contributed by atoms with Crippen molar-refractivity contribution < 1.29 is 13.2 Å². The predicted molar refractivity (Wildman–Crippen MR) is 65.7 cm³/mol. The summed E-state index contributed by atoms with van der Waals surface area (Å²) in [5.74, 6) is 0.0921. The third kappa shape index (κ3) is 2.39. The summed E-state index contributed by atoms with van der Waals surface area (Å²) in [6.07, 6.45) is -5.19. The summed E-state index contributed by atoms with van der Waals surface area (Å²) in [6.45, 7) is 5.66. The van der Waals surface area contributed by atoms with Gasteiger partial charge in [-0.1, -0.05) is 0 Å². The van der Waals surface area contributed by atoms with Crippen molar-refractivity contribution in [3.63, 3.8) is 0 Å². The van der Waals surface area contributed by atoms with Gasteiger partial charge in [0.1, 0.15) is 5.52 Å². The van der Waals surface area contributed by atoms with Gasteiger partial charge in [-0.05, 0) is 20.8 Å². The quantitative estimate of drug-likeness (QED) is 0.936. The first kappa shape index (κ1) is 13.7. The molecule has 106 valence electrons. The lowest BCUT2D eigenvalue weighted by Crippen LogP contribution is -2.19. The van der Waals surface area contributed by atoms with Gasteiger partial charge < -0.3 is 5.73 Å². The fourth-order valence-electron chi connectivity index (χ4n) is 2.29. The molecule has 1 atom stereocenters. The number of aryl methyl sites for hydroxylation is 2. The van der Waals surface area contributed by atoms with Crippen molar-refractivity contribution in [3.8, 4) is 0 Å². The molecule has 0 saturated heterocycles. The molecule has 0 amide bonds. The normalized spacial score (nSPS) is 14.2. The van der Waals surface area contributed by atoms with Crippen molar-refractivity contribution in [2.75, 3.05) is 5.73 Å². The molecule has 0 saturated carbocycles. The lowest BCUT2D eigenvalue weighted by molar-refractivity contribution is -0.141. The van der Waals surface area contributed by atoms with Crippen LogP contribution in [0.3, 0.4) is 0 Å². The highest BCUT2D eigenvalue weighted by Crippen LogP contribution is 2.32. The maximum absolute atomic E-state index is 12.5. The molecule has 0 aromatic carbocycles.